The Kier molecular flexibility index (Phi) is 2.42. The summed E-state index contributed by atoms with van der Waals surface area (Å²) in [4.78, 5) is -0.128. The summed E-state index contributed by atoms with van der Waals surface area (Å²) in [6, 6.07) is 9.50. The van der Waals surface area contributed by atoms with Gasteiger partial charge in [-0.25, -0.2) is 0 Å². The molecule has 0 spiro atoms. The molecule has 2 rings (SSSR count). The zero-order chi connectivity index (χ0) is 11.1. The Morgan fingerprint density at radius 2 is 1.67 bits per heavy atom. The molecule has 3 nitrogen and oxygen atoms in total. The molecule has 2 aromatic carbocycles. The van der Waals surface area contributed by atoms with Crippen molar-refractivity contribution in [1.82, 2.24) is 0 Å². The maximum Gasteiger partial charge on any atom is 0.294 e. The maximum absolute atomic E-state index is 10.9. The second-order valence-electron chi connectivity index (χ2n) is 3.13. The maximum atomic E-state index is 10.9. The van der Waals surface area contributed by atoms with E-state index in [2.05, 4.69) is 0 Å². The fourth-order valence-electron chi connectivity index (χ4n) is 1.36. The quantitative estimate of drug-likeness (QED) is 0.783. The molecule has 0 radical (unpaired) electrons. The van der Waals surface area contributed by atoms with Crippen molar-refractivity contribution in [2.75, 3.05) is 0 Å². The van der Waals surface area contributed by atoms with Crippen LogP contribution in [0.2, 0.25) is 5.02 Å². The predicted molar refractivity (Wildman–Crippen MR) is 58.8 cm³/mol. The summed E-state index contributed by atoms with van der Waals surface area (Å²) in [6.07, 6.45) is 0. The third-order valence-electron chi connectivity index (χ3n) is 2.07. The van der Waals surface area contributed by atoms with Gasteiger partial charge in [0, 0.05) is 5.02 Å². The van der Waals surface area contributed by atoms with E-state index in [1.54, 1.807) is 24.3 Å². The van der Waals surface area contributed by atoms with E-state index >= 15 is 0 Å². The molecule has 0 amide bonds. The van der Waals surface area contributed by atoms with Gasteiger partial charge < -0.3 is 0 Å². The predicted octanol–water partition coefficient (Wildman–Crippen LogP) is 2.74. The van der Waals surface area contributed by atoms with E-state index in [-0.39, 0.29) is 4.90 Å². The van der Waals surface area contributed by atoms with E-state index < -0.39 is 10.1 Å². The number of rotatable bonds is 1. The Morgan fingerprint density at radius 1 is 1.00 bits per heavy atom. The van der Waals surface area contributed by atoms with Gasteiger partial charge in [0.25, 0.3) is 10.1 Å². The van der Waals surface area contributed by atoms with Gasteiger partial charge in [0.05, 0.1) is 4.90 Å². The van der Waals surface area contributed by atoms with Crippen LogP contribution in [0.1, 0.15) is 0 Å². The lowest BCUT2D eigenvalue weighted by Crippen LogP contribution is -1.97. The zero-order valence-corrected chi connectivity index (χ0v) is 9.09. The molecule has 0 bridgehead atoms. The molecule has 0 atom stereocenters. The third-order valence-corrected chi connectivity index (χ3v) is 3.16. The van der Waals surface area contributed by atoms with Crippen molar-refractivity contribution in [2.45, 2.75) is 4.90 Å². The van der Waals surface area contributed by atoms with Crippen molar-refractivity contribution in [3.63, 3.8) is 0 Å². The molecule has 0 aliphatic rings. The second kappa shape index (κ2) is 3.48. The molecule has 15 heavy (non-hydrogen) atoms. The molecule has 0 heterocycles. The van der Waals surface area contributed by atoms with Crippen molar-refractivity contribution in [3.05, 3.63) is 41.4 Å². The molecule has 0 unspecified atom stereocenters. The standard InChI is InChI=1S/C10H7ClO3S/c11-9-3-1-7-2-4-10(15(12,13)14)6-8(7)5-9/h1-6H,(H,12,13,14). The lowest BCUT2D eigenvalue weighted by Gasteiger charge is -2.01. The van der Waals surface area contributed by atoms with Gasteiger partial charge in [0.2, 0.25) is 0 Å². The average molecular weight is 243 g/mol. The second-order valence-corrected chi connectivity index (χ2v) is 4.99. The van der Waals surface area contributed by atoms with Crippen LogP contribution in [-0.2, 0) is 10.1 Å². The largest absolute Gasteiger partial charge is 0.294 e. The van der Waals surface area contributed by atoms with E-state index in [0.29, 0.717) is 10.4 Å². The summed E-state index contributed by atoms with van der Waals surface area (Å²) in [7, 11) is -4.15. The average Bonchev–Trinajstić information content (AvgIpc) is 2.15. The molecule has 1 N–H and O–H groups in total. The molecule has 0 fully saturated rings. The zero-order valence-electron chi connectivity index (χ0n) is 7.51. The molecule has 0 aromatic heterocycles. The van der Waals surface area contributed by atoms with Gasteiger partial charge in [-0.3, -0.25) is 4.55 Å². The van der Waals surface area contributed by atoms with Crippen molar-refractivity contribution >= 4 is 32.5 Å². The van der Waals surface area contributed by atoms with Crippen LogP contribution in [0.15, 0.2) is 41.3 Å². The van der Waals surface area contributed by atoms with Gasteiger partial charge in [-0.2, -0.15) is 8.42 Å². The van der Waals surface area contributed by atoms with Crippen LogP contribution in [0.25, 0.3) is 10.8 Å². The molecule has 0 saturated heterocycles. The Hall–Kier alpha value is -1.10. The fourth-order valence-corrected chi connectivity index (χ4v) is 2.05. The molecule has 78 valence electrons. The van der Waals surface area contributed by atoms with E-state index in [1.807, 2.05) is 0 Å². The fraction of sp³-hybridized carbons (Fsp3) is 0. The van der Waals surface area contributed by atoms with Crippen LogP contribution in [0, 0.1) is 0 Å². The smallest absolute Gasteiger partial charge is 0.282 e. The van der Waals surface area contributed by atoms with E-state index in [1.165, 1.54) is 12.1 Å². The number of hydrogen-bond acceptors (Lipinski definition) is 2. The summed E-state index contributed by atoms with van der Waals surface area (Å²) in [5, 5.41) is 2.07. The van der Waals surface area contributed by atoms with Gasteiger partial charge in [-0.15, -0.1) is 0 Å². The van der Waals surface area contributed by atoms with Crippen LogP contribution >= 0.6 is 11.6 Å². The molecule has 2 aromatic rings. The first kappa shape index (κ1) is 10.4. The van der Waals surface area contributed by atoms with E-state index in [4.69, 9.17) is 16.2 Å². The lowest BCUT2D eigenvalue weighted by molar-refractivity contribution is 0.483. The number of benzene rings is 2. The Bertz CT molecular complexity index is 620. The Morgan fingerprint density at radius 3 is 2.33 bits per heavy atom. The lowest BCUT2D eigenvalue weighted by atomic mass is 10.1. The number of fused-ring (bicyclic) bond motifs is 1. The van der Waals surface area contributed by atoms with Gasteiger partial charge in [0.1, 0.15) is 0 Å². The Balaban J connectivity index is 2.75. The molecule has 0 aliphatic heterocycles. The molecular formula is C10H7ClO3S. The van der Waals surface area contributed by atoms with Gasteiger partial charge >= 0.3 is 0 Å². The minimum absolute atomic E-state index is 0.128. The van der Waals surface area contributed by atoms with Gasteiger partial charge in [0.15, 0.2) is 0 Å². The highest BCUT2D eigenvalue weighted by Crippen LogP contribution is 2.22. The molecule has 0 saturated carbocycles. The molecular weight excluding hydrogens is 236 g/mol. The highest BCUT2D eigenvalue weighted by Gasteiger charge is 2.09. The van der Waals surface area contributed by atoms with E-state index in [9.17, 15) is 8.42 Å². The Labute approximate surface area is 92.0 Å². The number of hydrogen-bond donors (Lipinski definition) is 1. The normalized spacial score (nSPS) is 11.9. The van der Waals surface area contributed by atoms with Crippen molar-refractivity contribution in [2.24, 2.45) is 0 Å². The third kappa shape index (κ3) is 2.12. The number of halogens is 1. The highest BCUT2D eigenvalue weighted by atomic mass is 35.5. The van der Waals surface area contributed by atoms with Crippen LogP contribution in [0.5, 0.6) is 0 Å². The van der Waals surface area contributed by atoms with Crippen molar-refractivity contribution in [1.29, 1.82) is 0 Å². The minimum Gasteiger partial charge on any atom is -0.282 e. The highest BCUT2D eigenvalue weighted by molar-refractivity contribution is 7.85. The molecule has 5 heteroatoms. The first-order valence-electron chi connectivity index (χ1n) is 4.14. The SMILES string of the molecule is O=S(=O)(O)c1ccc2ccc(Cl)cc2c1. The van der Waals surface area contributed by atoms with Gasteiger partial charge in [-0.05, 0) is 35.0 Å². The summed E-state index contributed by atoms with van der Waals surface area (Å²) in [5.74, 6) is 0. The van der Waals surface area contributed by atoms with Crippen LogP contribution in [-0.4, -0.2) is 13.0 Å². The first-order chi connectivity index (χ1) is 6.97. The topological polar surface area (TPSA) is 54.4 Å². The van der Waals surface area contributed by atoms with Gasteiger partial charge in [-0.1, -0.05) is 23.7 Å². The summed E-state index contributed by atoms with van der Waals surface area (Å²) < 4.78 is 30.6. The van der Waals surface area contributed by atoms with Crippen molar-refractivity contribution < 1.29 is 13.0 Å². The summed E-state index contributed by atoms with van der Waals surface area (Å²) in [5.41, 5.74) is 0. The van der Waals surface area contributed by atoms with E-state index in [0.717, 1.165) is 5.39 Å². The summed E-state index contributed by atoms with van der Waals surface area (Å²) >= 11 is 5.77. The first-order valence-corrected chi connectivity index (χ1v) is 5.95. The van der Waals surface area contributed by atoms with Crippen LogP contribution < -0.4 is 0 Å². The minimum atomic E-state index is -4.15. The van der Waals surface area contributed by atoms with Crippen LogP contribution in [0.4, 0.5) is 0 Å². The monoisotopic (exact) mass is 242 g/mol. The molecule has 0 aliphatic carbocycles. The van der Waals surface area contributed by atoms with Crippen molar-refractivity contribution in [3.8, 4) is 0 Å². The van der Waals surface area contributed by atoms with Crippen LogP contribution in [0.3, 0.4) is 0 Å². The summed E-state index contributed by atoms with van der Waals surface area (Å²) in [6.45, 7) is 0.